The molecule has 0 unspecified atom stereocenters. The zero-order valence-electron chi connectivity index (χ0n) is 10.7. The van der Waals surface area contributed by atoms with Crippen LogP contribution in [0.4, 0.5) is 19.0 Å². The fourth-order valence-electron chi connectivity index (χ4n) is 2.38. The largest absolute Gasteiger partial charge is 0.481 e. The van der Waals surface area contributed by atoms with Crippen molar-refractivity contribution < 1.29 is 23.1 Å². The second kappa shape index (κ2) is 5.30. The van der Waals surface area contributed by atoms with Gasteiger partial charge in [0.1, 0.15) is 11.5 Å². The van der Waals surface area contributed by atoms with Crippen LogP contribution in [-0.2, 0) is 11.0 Å². The van der Waals surface area contributed by atoms with Gasteiger partial charge in [-0.25, -0.2) is 4.98 Å². The number of nitrogens with one attached hydrogen (secondary N) is 1. The Balaban J connectivity index is 2.02. The summed E-state index contributed by atoms with van der Waals surface area (Å²) in [5.74, 6) is -0.764. The molecule has 1 aromatic heterocycles. The summed E-state index contributed by atoms with van der Waals surface area (Å²) in [5.41, 5.74) is -1.31. The molecule has 2 N–H and O–H groups in total. The van der Waals surface area contributed by atoms with Gasteiger partial charge in [0.25, 0.3) is 0 Å². The van der Waals surface area contributed by atoms with E-state index in [0.717, 1.165) is 25.3 Å². The lowest BCUT2D eigenvalue weighted by atomic mass is 9.66. The molecule has 1 aromatic rings. The van der Waals surface area contributed by atoms with Crippen molar-refractivity contribution in [1.82, 2.24) is 4.98 Å². The monoisotopic (exact) mass is 288 g/mol. The third kappa shape index (κ3) is 3.40. The summed E-state index contributed by atoms with van der Waals surface area (Å²) in [6.45, 7) is 0.327. The number of rotatable bonds is 5. The van der Waals surface area contributed by atoms with E-state index in [4.69, 9.17) is 5.11 Å². The first-order chi connectivity index (χ1) is 9.31. The average Bonchev–Trinajstić information content (AvgIpc) is 2.31. The Morgan fingerprint density at radius 3 is 2.60 bits per heavy atom. The SMILES string of the molecule is O=C(O)CC1(CNc2cccc(C(F)(F)F)n2)CCC1. The molecule has 20 heavy (non-hydrogen) atoms. The first-order valence-electron chi connectivity index (χ1n) is 6.31. The molecule has 0 amide bonds. The lowest BCUT2D eigenvalue weighted by Crippen LogP contribution is -2.38. The molecule has 1 saturated carbocycles. The highest BCUT2D eigenvalue weighted by Crippen LogP contribution is 2.44. The maximum absolute atomic E-state index is 12.5. The van der Waals surface area contributed by atoms with Crippen LogP contribution in [0, 0.1) is 5.41 Å². The molecule has 110 valence electrons. The van der Waals surface area contributed by atoms with E-state index in [0.29, 0.717) is 6.54 Å². The van der Waals surface area contributed by atoms with E-state index in [1.165, 1.54) is 12.1 Å². The Labute approximate surface area is 114 Å². The van der Waals surface area contributed by atoms with Crippen molar-refractivity contribution in [2.75, 3.05) is 11.9 Å². The molecule has 1 aliphatic rings. The second-order valence-electron chi connectivity index (χ2n) is 5.18. The van der Waals surface area contributed by atoms with Crippen molar-refractivity contribution in [3.8, 4) is 0 Å². The molecule has 4 nitrogen and oxygen atoms in total. The van der Waals surface area contributed by atoms with Gasteiger partial charge < -0.3 is 10.4 Å². The molecule has 0 spiro atoms. The fourth-order valence-corrected chi connectivity index (χ4v) is 2.38. The van der Waals surface area contributed by atoms with Crippen molar-refractivity contribution in [2.45, 2.75) is 31.9 Å². The smallest absolute Gasteiger partial charge is 0.433 e. The lowest BCUT2D eigenvalue weighted by Gasteiger charge is -2.41. The molecule has 0 atom stereocenters. The highest BCUT2D eigenvalue weighted by Gasteiger charge is 2.39. The van der Waals surface area contributed by atoms with Crippen LogP contribution in [0.2, 0.25) is 0 Å². The highest BCUT2D eigenvalue weighted by atomic mass is 19.4. The number of halogens is 3. The Morgan fingerprint density at radius 2 is 2.10 bits per heavy atom. The van der Waals surface area contributed by atoms with Crippen LogP contribution in [0.1, 0.15) is 31.4 Å². The maximum Gasteiger partial charge on any atom is 0.433 e. The minimum absolute atomic E-state index is 0.0267. The fraction of sp³-hybridized carbons (Fsp3) is 0.538. The first kappa shape index (κ1) is 14.6. The number of hydrogen-bond donors (Lipinski definition) is 2. The van der Waals surface area contributed by atoms with Crippen molar-refractivity contribution in [3.05, 3.63) is 23.9 Å². The van der Waals surface area contributed by atoms with Crippen LogP contribution >= 0.6 is 0 Å². The summed E-state index contributed by atoms with van der Waals surface area (Å²) < 4.78 is 37.6. The second-order valence-corrected chi connectivity index (χ2v) is 5.18. The number of carboxylic acid groups (broad SMARTS) is 1. The van der Waals surface area contributed by atoms with Crippen LogP contribution < -0.4 is 5.32 Å². The third-order valence-corrected chi connectivity index (χ3v) is 3.62. The number of alkyl halides is 3. The van der Waals surface area contributed by atoms with Crippen molar-refractivity contribution >= 4 is 11.8 Å². The summed E-state index contributed by atoms with van der Waals surface area (Å²) in [4.78, 5) is 14.3. The van der Waals surface area contributed by atoms with Gasteiger partial charge in [0.05, 0.1) is 6.42 Å². The van der Waals surface area contributed by atoms with Gasteiger partial charge in [-0.2, -0.15) is 13.2 Å². The number of aromatic nitrogens is 1. The van der Waals surface area contributed by atoms with Gasteiger partial charge in [0, 0.05) is 6.54 Å². The van der Waals surface area contributed by atoms with Crippen LogP contribution in [0.15, 0.2) is 18.2 Å². The zero-order valence-corrected chi connectivity index (χ0v) is 10.7. The molecule has 1 heterocycles. The summed E-state index contributed by atoms with van der Waals surface area (Å²) in [5, 5.41) is 11.7. The minimum atomic E-state index is -4.48. The topological polar surface area (TPSA) is 62.2 Å². The quantitative estimate of drug-likeness (QED) is 0.873. The molecular formula is C13H15F3N2O2. The van der Waals surface area contributed by atoms with Gasteiger partial charge in [0.15, 0.2) is 0 Å². The van der Waals surface area contributed by atoms with E-state index in [-0.39, 0.29) is 17.7 Å². The van der Waals surface area contributed by atoms with Crippen molar-refractivity contribution in [3.63, 3.8) is 0 Å². The van der Waals surface area contributed by atoms with E-state index < -0.39 is 17.8 Å². The number of pyridine rings is 1. The Morgan fingerprint density at radius 1 is 1.40 bits per heavy atom. The van der Waals surface area contributed by atoms with Crippen LogP contribution in [0.5, 0.6) is 0 Å². The van der Waals surface area contributed by atoms with Crippen molar-refractivity contribution in [2.24, 2.45) is 5.41 Å². The van der Waals surface area contributed by atoms with E-state index in [9.17, 15) is 18.0 Å². The van der Waals surface area contributed by atoms with Gasteiger partial charge >= 0.3 is 12.1 Å². The standard InChI is InChI=1S/C13H15F3N2O2/c14-13(15,16)9-3-1-4-10(18-9)17-8-12(5-2-6-12)7-11(19)20/h1,3-4H,2,5-8H2,(H,17,18)(H,19,20). The summed E-state index contributed by atoms with van der Waals surface area (Å²) in [6, 6.07) is 3.63. The summed E-state index contributed by atoms with van der Waals surface area (Å²) in [6.07, 6.45) is -1.96. The van der Waals surface area contributed by atoms with Gasteiger partial charge in [-0.15, -0.1) is 0 Å². The van der Waals surface area contributed by atoms with Gasteiger partial charge in [-0.3, -0.25) is 4.79 Å². The number of carboxylic acids is 1. The lowest BCUT2D eigenvalue weighted by molar-refractivity contribution is -0.141. The van der Waals surface area contributed by atoms with Crippen molar-refractivity contribution in [1.29, 1.82) is 0 Å². The van der Waals surface area contributed by atoms with Gasteiger partial charge in [0.2, 0.25) is 0 Å². The molecule has 2 rings (SSSR count). The van der Waals surface area contributed by atoms with E-state index in [1.807, 2.05) is 0 Å². The van der Waals surface area contributed by atoms with E-state index in [2.05, 4.69) is 10.3 Å². The number of hydrogen-bond acceptors (Lipinski definition) is 3. The van der Waals surface area contributed by atoms with Crippen LogP contribution in [-0.4, -0.2) is 22.6 Å². The highest BCUT2D eigenvalue weighted by molar-refractivity contribution is 5.68. The Hall–Kier alpha value is -1.79. The molecule has 0 aromatic carbocycles. The molecule has 1 aliphatic carbocycles. The number of nitrogens with zero attached hydrogens (tertiary/aromatic N) is 1. The summed E-state index contributed by atoms with van der Waals surface area (Å²) >= 11 is 0. The molecular weight excluding hydrogens is 273 g/mol. The van der Waals surface area contributed by atoms with Gasteiger partial charge in [-0.05, 0) is 30.4 Å². The number of carbonyl (C=O) groups is 1. The maximum atomic E-state index is 12.5. The average molecular weight is 288 g/mol. The van der Waals surface area contributed by atoms with Crippen LogP contribution in [0.3, 0.4) is 0 Å². The first-order valence-corrected chi connectivity index (χ1v) is 6.31. The third-order valence-electron chi connectivity index (χ3n) is 3.62. The minimum Gasteiger partial charge on any atom is -0.481 e. The predicted molar refractivity (Wildman–Crippen MR) is 66.3 cm³/mol. The zero-order chi connectivity index (χ0) is 14.8. The number of aliphatic carboxylic acids is 1. The molecule has 7 heteroatoms. The molecule has 0 aliphatic heterocycles. The Kier molecular flexibility index (Phi) is 3.87. The molecule has 0 saturated heterocycles. The normalized spacial score (nSPS) is 17.4. The molecule has 0 radical (unpaired) electrons. The van der Waals surface area contributed by atoms with E-state index in [1.54, 1.807) is 0 Å². The molecule has 0 bridgehead atoms. The molecule has 1 fully saturated rings. The van der Waals surface area contributed by atoms with E-state index >= 15 is 0 Å². The van der Waals surface area contributed by atoms with Crippen LogP contribution in [0.25, 0.3) is 0 Å². The number of anilines is 1. The summed E-state index contributed by atoms with van der Waals surface area (Å²) in [7, 11) is 0. The predicted octanol–water partition coefficient (Wildman–Crippen LogP) is 3.16. The van der Waals surface area contributed by atoms with Gasteiger partial charge in [-0.1, -0.05) is 12.5 Å². The Bertz CT molecular complexity index is 499.